The maximum Gasteiger partial charge on any atom is 0.237 e. The van der Waals surface area contributed by atoms with Gasteiger partial charge in [0.15, 0.2) is 0 Å². The van der Waals surface area contributed by atoms with Gasteiger partial charge in [0, 0.05) is 19.0 Å². The van der Waals surface area contributed by atoms with Gasteiger partial charge in [0.05, 0.1) is 6.04 Å². The SMILES string of the molecule is CC(C)(C)[C@H](N)C(=O)NCCCC(=O)NC1CC1. The predicted molar refractivity (Wildman–Crippen MR) is 70.8 cm³/mol. The summed E-state index contributed by atoms with van der Waals surface area (Å²) in [5.41, 5.74) is 5.58. The van der Waals surface area contributed by atoms with Gasteiger partial charge in [-0.1, -0.05) is 20.8 Å². The molecule has 0 aromatic carbocycles. The third-order valence-electron chi connectivity index (χ3n) is 3.04. The Morgan fingerprint density at radius 3 is 2.44 bits per heavy atom. The van der Waals surface area contributed by atoms with Gasteiger partial charge in [-0.15, -0.1) is 0 Å². The van der Waals surface area contributed by atoms with Crippen molar-refractivity contribution < 1.29 is 9.59 Å². The number of carbonyl (C=O) groups is 2. The number of carbonyl (C=O) groups excluding carboxylic acids is 2. The Morgan fingerprint density at radius 2 is 1.94 bits per heavy atom. The minimum absolute atomic E-state index is 0.0758. The van der Waals surface area contributed by atoms with Crippen LogP contribution < -0.4 is 16.4 Å². The van der Waals surface area contributed by atoms with E-state index in [1.54, 1.807) is 0 Å². The number of amides is 2. The smallest absolute Gasteiger partial charge is 0.237 e. The topological polar surface area (TPSA) is 84.2 Å². The van der Waals surface area contributed by atoms with Crippen LogP contribution in [0.2, 0.25) is 0 Å². The lowest BCUT2D eigenvalue weighted by Gasteiger charge is -2.25. The molecule has 5 heteroatoms. The van der Waals surface area contributed by atoms with Crippen LogP contribution in [-0.2, 0) is 9.59 Å². The summed E-state index contributed by atoms with van der Waals surface area (Å²) in [5.74, 6) is -0.0723. The third-order valence-corrected chi connectivity index (χ3v) is 3.04. The molecule has 1 aliphatic rings. The average molecular weight is 255 g/mol. The maximum atomic E-state index is 11.7. The lowest BCUT2D eigenvalue weighted by molar-refractivity contribution is -0.125. The number of hydrogen-bond donors (Lipinski definition) is 3. The van der Waals surface area contributed by atoms with Crippen molar-refractivity contribution in [2.45, 2.75) is 58.5 Å². The van der Waals surface area contributed by atoms with Crippen LogP contribution in [0, 0.1) is 5.41 Å². The van der Waals surface area contributed by atoms with Crippen LogP contribution in [0.5, 0.6) is 0 Å². The molecular formula is C13H25N3O2. The van der Waals surface area contributed by atoms with Gasteiger partial charge < -0.3 is 16.4 Å². The predicted octanol–water partition coefficient (Wildman–Crippen LogP) is 0.535. The third kappa shape index (κ3) is 5.49. The zero-order valence-electron chi connectivity index (χ0n) is 11.6. The van der Waals surface area contributed by atoms with Crippen LogP contribution in [0.4, 0.5) is 0 Å². The molecule has 0 aliphatic heterocycles. The van der Waals surface area contributed by atoms with Crippen molar-refractivity contribution in [3.63, 3.8) is 0 Å². The largest absolute Gasteiger partial charge is 0.355 e. The van der Waals surface area contributed by atoms with Crippen molar-refractivity contribution >= 4 is 11.8 Å². The molecule has 0 bridgehead atoms. The van der Waals surface area contributed by atoms with Gasteiger partial charge in [0.1, 0.15) is 0 Å². The van der Waals surface area contributed by atoms with E-state index < -0.39 is 6.04 Å². The van der Waals surface area contributed by atoms with E-state index in [0.717, 1.165) is 12.8 Å². The van der Waals surface area contributed by atoms with Gasteiger partial charge >= 0.3 is 0 Å². The minimum Gasteiger partial charge on any atom is -0.355 e. The first-order chi connectivity index (χ1) is 8.30. The number of nitrogens with two attached hydrogens (primary N) is 1. The lowest BCUT2D eigenvalue weighted by Crippen LogP contribution is -2.48. The molecule has 0 aromatic heterocycles. The highest BCUT2D eigenvalue weighted by Crippen LogP contribution is 2.18. The molecule has 0 spiro atoms. The van der Waals surface area contributed by atoms with Crippen molar-refractivity contribution in [3.05, 3.63) is 0 Å². The number of nitrogens with one attached hydrogen (secondary N) is 2. The van der Waals surface area contributed by atoms with E-state index >= 15 is 0 Å². The summed E-state index contributed by atoms with van der Waals surface area (Å²) in [6, 6.07) is -0.112. The Balaban J connectivity index is 2.09. The van der Waals surface area contributed by atoms with E-state index in [0.29, 0.717) is 25.4 Å². The molecular weight excluding hydrogens is 230 g/mol. The molecule has 4 N–H and O–H groups in total. The van der Waals surface area contributed by atoms with Crippen LogP contribution >= 0.6 is 0 Å². The van der Waals surface area contributed by atoms with Crippen LogP contribution in [0.3, 0.4) is 0 Å². The van der Waals surface area contributed by atoms with E-state index in [2.05, 4.69) is 10.6 Å². The van der Waals surface area contributed by atoms with Crippen molar-refractivity contribution in [1.82, 2.24) is 10.6 Å². The summed E-state index contributed by atoms with van der Waals surface area (Å²) in [4.78, 5) is 23.1. The van der Waals surface area contributed by atoms with Gasteiger partial charge in [0.2, 0.25) is 11.8 Å². The first kappa shape index (κ1) is 15.0. The first-order valence-corrected chi connectivity index (χ1v) is 6.63. The van der Waals surface area contributed by atoms with Crippen LogP contribution in [0.15, 0.2) is 0 Å². The highest BCUT2D eigenvalue weighted by molar-refractivity contribution is 5.82. The van der Waals surface area contributed by atoms with E-state index in [9.17, 15) is 9.59 Å². The number of rotatable bonds is 6. The van der Waals surface area contributed by atoms with Crippen molar-refractivity contribution in [2.24, 2.45) is 11.1 Å². The molecule has 0 heterocycles. The summed E-state index contributed by atoms with van der Waals surface area (Å²) in [6.45, 7) is 6.29. The van der Waals surface area contributed by atoms with E-state index in [1.165, 1.54) is 0 Å². The highest BCUT2D eigenvalue weighted by Gasteiger charge is 2.27. The summed E-state index contributed by atoms with van der Waals surface area (Å²) in [5, 5.41) is 5.68. The Labute approximate surface area is 109 Å². The molecule has 0 radical (unpaired) electrons. The Bertz CT molecular complexity index is 306. The van der Waals surface area contributed by atoms with Crippen LogP contribution in [-0.4, -0.2) is 30.4 Å². The molecule has 0 aromatic rings. The molecule has 2 amide bonds. The molecule has 0 unspecified atom stereocenters. The van der Waals surface area contributed by atoms with Gasteiger partial charge in [-0.2, -0.15) is 0 Å². The fourth-order valence-corrected chi connectivity index (χ4v) is 1.49. The second-order valence-corrected chi connectivity index (χ2v) is 6.08. The average Bonchev–Trinajstić information content (AvgIpc) is 3.05. The molecule has 18 heavy (non-hydrogen) atoms. The quantitative estimate of drug-likeness (QED) is 0.605. The minimum atomic E-state index is -0.516. The maximum absolute atomic E-state index is 11.7. The second kappa shape index (κ2) is 6.18. The highest BCUT2D eigenvalue weighted by atomic mass is 16.2. The fraction of sp³-hybridized carbons (Fsp3) is 0.846. The van der Waals surface area contributed by atoms with Crippen molar-refractivity contribution in [2.75, 3.05) is 6.54 Å². The molecule has 1 rings (SSSR count). The van der Waals surface area contributed by atoms with E-state index in [-0.39, 0.29) is 17.2 Å². The number of hydrogen-bond acceptors (Lipinski definition) is 3. The first-order valence-electron chi connectivity index (χ1n) is 6.63. The molecule has 1 aliphatic carbocycles. The van der Waals surface area contributed by atoms with E-state index in [4.69, 9.17) is 5.73 Å². The zero-order valence-corrected chi connectivity index (χ0v) is 11.6. The molecule has 104 valence electrons. The molecule has 1 fully saturated rings. The van der Waals surface area contributed by atoms with Crippen LogP contribution in [0.25, 0.3) is 0 Å². The Hall–Kier alpha value is -1.10. The van der Waals surface area contributed by atoms with Crippen molar-refractivity contribution in [3.8, 4) is 0 Å². The molecule has 1 atom stereocenters. The summed E-state index contributed by atoms with van der Waals surface area (Å²) >= 11 is 0. The summed E-state index contributed by atoms with van der Waals surface area (Å²) in [6.07, 6.45) is 3.31. The van der Waals surface area contributed by atoms with Gasteiger partial charge in [-0.05, 0) is 24.7 Å². The second-order valence-electron chi connectivity index (χ2n) is 6.08. The van der Waals surface area contributed by atoms with Gasteiger partial charge in [-0.3, -0.25) is 9.59 Å². The standard InChI is InChI=1S/C13H25N3O2/c1-13(2,3)11(14)12(18)15-8-4-5-10(17)16-9-6-7-9/h9,11H,4-8,14H2,1-3H3,(H,15,18)(H,16,17)/t11-/m1/s1. The summed E-state index contributed by atoms with van der Waals surface area (Å²) < 4.78 is 0. The van der Waals surface area contributed by atoms with Crippen LogP contribution in [0.1, 0.15) is 46.5 Å². The fourth-order valence-electron chi connectivity index (χ4n) is 1.49. The molecule has 0 saturated heterocycles. The Kier molecular flexibility index (Phi) is 5.14. The molecule has 5 nitrogen and oxygen atoms in total. The van der Waals surface area contributed by atoms with Gasteiger partial charge in [0.25, 0.3) is 0 Å². The Morgan fingerprint density at radius 1 is 1.33 bits per heavy atom. The lowest BCUT2D eigenvalue weighted by atomic mass is 9.87. The zero-order chi connectivity index (χ0) is 13.8. The molecule has 1 saturated carbocycles. The normalized spacial score (nSPS) is 17.1. The summed E-state index contributed by atoms with van der Waals surface area (Å²) in [7, 11) is 0. The monoisotopic (exact) mass is 255 g/mol. The van der Waals surface area contributed by atoms with Crippen molar-refractivity contribution in [1.29, 1.82) is 0 Å². The van der Waals surface area contributed by atoms with Gasteiger partial charge in [-0.25, -0.2) is 0 Å². The van der Waals surface area contributed by atoms with E-state index in [1.807, 2.05) is 20.8 Å².